The van der Waals surface area contributed by atoms with Gasteiger partial charge in [0.25, 0.3) is 0 Å². The minimum absolute atomic E-state index is 0.231. The summed E-state index contributed by atoms with van der Waals surface area (Å²) in [4.78, 5) is 25.0. The van der Waals surface area contributed by atoms with Crippen molar-refractivity contribution in [1.29, 1.82) is 0 Å². The van der Waals surface area contributed by atoms with Gasteiger partial charge >= 0.3 is 6.03 Å². The standard InChI is InChI=1S/C20H21N5O2S2/c26-17(22-19(27)21-13-14-5-2-1-3-6-14)10-12-29-20-24-23-18(16-7-4-11-28-16)25(20)15-8-9-15/h1-7,11,15H,8-10,12-13H2,(H2,21,22,26,27). The third-order valence-corrected chi connectivity index (χ3v) is 6.24. The van der Waals surface area contributed by atoms with Gasteiger partial charge in [-0.1, -0.05) is 48.2 Å². The first-order valence-electron chi connectivity index (χ1n) is 9.44. The summed E-state index contributed by atoms with van der Waals surface area (Å²) >= 11 is 3.15. The predicted molar refractivity (Wildman–Crippen MR) is 114 cm³/mol. The Morgan fingerprint density at radius 1 is 1.14 bits per heavy atom. The zero-order valence-corrected chi connectivity index (χ0v) is 17.3. The number of imide groups is 1. The smallest absolute Gasteiger partial charge is 0.321 e. The molecule has 0 saturated heterocycles. The Bertz CT molecular complexity index is 968. The van der Waals surface area contributed by atoms with E-state index in [2.05, 4.69) is 25.4 Å². The molecule has 0 atom stereocenters. The second-order valence-electron chi connectivity index (χ2n) is 6.70. The average molecular weight is 428 g/mol. The molecule has 0 unspecified atom stereocenters. The number of hydrogen-bond donors (Lipinski definition) is 2. The van der Waals surface area contributed by atoms with E-state index in [0.717, 1.165) is 34.3 Å². The summed E-state index contributed by atoms with van der Waals surface area (Å²) in [6.07, 6.45) is 2.49. The molecule has 3 aromatic rings. The lowest BCUT2D eigenvalue weighted by atomic mass is 10.2. The zero-order valence-electron chi connectivity index (χ0n) is 15.7. The van der Waals surface area contributed by atoms with Crippen molar-refractivity contribution in [3.63, 3.8) is 0 Å². The molecule has 1 aliphatic rings. The number of urea groups is 1. The number of nitrogens with one attached hydrogen (secondary N) is 2. The number of aromatic nitrogens is 3. The normalized spacial score (nSPS) is 13.2. The van der Waals surface area contributed by atoms with Gasteiger partial charge in [-0.3, -0.25) is 14.7 Å². The van der Waals surface area contributed by atoms with Gasteiger partial charge in [0.1, 0.15) is 0 Å². The van der Waals surface area contributed by atoms with Crippen molar-refractivity contribution in [1.82, 2.24) is 25.4 Å². The van der Waals surface area contributed by atoms with E-state index in [1.54, 1.807) is 11.3 Å². The van der Waals surface area contributed by atoms with Crippen molar-refractivity contribution in [2.45, 2.75) is 37.0 Å². The molecule has 1 aliphatic carbocycles. The lowest BCUT2D eigenvalue weighted by Crippen LogP contribution is -2.39. The van der Waals surface area contributed by atoms with Gasteiger partial charge in [0, 0.05) is 24.8 Å². The van der Waals surface area contributed by atoms with Gasteiger partial charge in [0.05, 0.1) is 4.88 Å². The highest BCUT2D eigenvalue weighted by Crippen LogP contribution is 2.41. The van der Waals surface area contributed by atoms with Crippen LogP contribution in [-0.4, -0.2) is 32.5 Å². The summed E-state index contributed by atoms with van der Waals surface area (Å²) < 4.78 is 2.18. The van der Waals surface area contributed by atoms with E-state index in [4.69, 9.17) is 0 Å². The first-order valence-corrected chi connectivity index (χ1v) is 11.3. The van der Waals surface area contributed by atoms with Gasteiger partial charge in [-0.15, -0.1) is 21.5 Å². The fourth-order valence-electron chi connectivity index (χ4n) is 2.86. The van der Waals surface area contributed by atoms with Crippen molar-refractivity contribution >= 4 is 35.0 Å². The third kappa shape index (κ3) is 5.24. The van der Waals surface area contributed by atoms with Crippen LogP contribution in [0.4, 0.5) is 4.79 Å². The lowest BCUT2D eigenvalue weighted by Gasteiger charge is -2.08. The molecule has 1 saturated carbocycles. The maximum Gasteiger partial charge on any atom is 0.321 e. The van der Waals surface area contributed by atoms with Gasteiger partial charge in [-0.05, 0) is 29.9 Å². The van der Waals surface area contributed by atoms with Crippen LogP contribution in [0.3, 0.4) is 0 Å². The highest BCUT2D eigenvalue weighted by Gasteiger charge is 2.30. The van der Waals surface area contributed by atoms with Crippen molar-refractivity contribution in [2.75, 3.05) is 5.75 Å². The number of hydrogen-bond acceptors (Lipinski definition) is 6. The SMILES string of the molecule is O=C(CCSc1nnc(-c2cccs2)n1C1CC1)NC(=O)NCc1ccccc1. The fourth-order valence-corrected chi connectivity index (χ4v) is 4.51. The fraction of sp³-hybridized carbons (Fsp3) is 0.300. The topological polar surface area (TPSA) is 88.9 Å². The Balaban J connectivity index is 1.25. The molecule has 4 rings (SSSR count). The van der Waals surface area contributed by atoms with Crippen LogP contribution in [0.25, 0.3) is 10.7 Å². The largest absolute Gasteiger partial charge is 0.334 e. The number of carbonyl (C=O) groups excluding carboxylic acids is 2. The first-order chi connectivity index (χ1) is 14.2. The number of thiophene rings is 1. The maximum atomic E-state index is 12.1. The van der Waals surface area contributed by atoms with Gasteiger partial charge in [-0.2, -0.15) is 0 Å². The van der Waals surface area contributed by atoms with Crippen molar-refractivity contribution in [2.24, 2.45) is 0 Å². The molecule has 2 heterocycles. The average Bonchev–Trinajstić information content (AvgIpc) is 3.24. The van der Waals surface area contributed by atoms with Crippen LogP contribution in [0.1, 0.15) is 30.9 Å². The summed E-state index contributed by atoms with van der Waals surface area (Å²) in [6, 6.07) is 13.6. The van der Waals surface area contributed by atoms with E-state index in [-0.39, 0.29) is 12.3 Å². The molecule has 1 fully saturated rings. The molecule has 0 aliphatic heterocycles. The van der Waals surface area contributed by atoms with E-state index in [1.807, 2.05) is 47.8 Å². The van der Waals surface area contributed by atoms with Gasteiger partial charge in [0.2, 0.25) is 5.91 Å². The maximum absolute atomic E-state index is 12.1. The van der Waals surface area contributed by atoms with Crippen molar-refractivity contribution < 1.29 is 9.59 Å². The molecular weight excluding hydrogens is 406 g/mol. The number of thioether (sulfide) groups is 1. The Morgan fingerprint density at radius 2 is 1.97 bits per heavy atom. The van der Waals surface area contributed by atoms with E-state index >= 15 is 0 Å². The molecule has 2 aromatic heterocycles. The number of carbonyl (C=O) groups is 2. The van der Waals surface area contributed by atoms with Crippen LogP contribution < -0.4 is 10.6 Å². The van der Waals surface area contributed by atoms with E-state index in [9.17, 15) is 9.59 Å². The van der Waals surface area contributed by atoms with Crippen molar-refractivity contribution in [3.05, 3.63) is 53.4 Å². The molecule has 0 radical (unpaired) electrons. The Morgan fingerprint density at radius 3 is 2.69 bits per heavy atom. The molecule has 9 heteroatoms. The summed E-state index contributed by atoms with van der Waals surface area (Å²) in [5.41, 5.74) is 0.978. The molecule has 2 N–H and O–H groups in total. The third-order valence-electron chi connectivity index (χ3n) is 4.43. The van der Waals surface area contributed by atoms with Crippen molar-refractivity contribution in [3.8, 4) is 10.7 Å². The second kappa shape index (κ2) is 9.23. The van der Waals surface area contributed by atoms with Gasteiger partial charge < -0.3 is 5.32 Å². The lowest BCUT2D eigenvalue weighted by molar-refractivity contribution is -0.119. The quantitative estimate of drug-likeness (QED) is 0.533. The highest BCUT2D eigenvalue weighted by molar-refractivity contribution is 7.99. The minimum Gasteiger partial charge on any atom is -0.334 e. The predicted octanol–water partition coefficient (Wildman–Crippen LogP) is 3.85. The molecule has 0 spiro atoms. The van der Waals surface area contributed by atoms with E-state index < -0.39 is 6.03 Å². The van der Waals surface area contributed by atoms with Crippen LogP contribution in [0.15, 0.2) is 53.0 Å². The summed E-state index contributed by atoms with van der Waals surface area (Å²) in [5.74, 6) is 1.13. The number of benzene rings is 1. The number of rotatable bonds is 8. The highest BCUT2D eigenvalue weighted by atomic mass is 32.2. The van der Waals surface area contributed by atoms with Crippen LogP contribution >= 0.6 is 23.1 Å². The molecule has 150 valence electrons. The summed E-state index contributed by atoms with van der Waals surface area (Å²) in [7, 11) is 0. The number of nitrogens with zero attached hydrogens (tertiary/aromatic N) is 3. The minimum atomic E-state index is -0.481. The molecule has 29 heavy (non-hydrogen) atoms. The van der Waals surface area contributed by atoms with E-state index in [1.165, 1.54) is 11.8 Å². The molecular formula is C20H21N5O2S2. The molecule has 0 bridgehead atoms. The Labute approximate surface area is 176 Å². The molecule has 3 amide bonds. The molecule has 7 nitrogen and oxygen atoms in total. The summed E-state index contributed by atoms with van der Waals surface area (Å²) in [6.45, 7) is 0.380. The molecule has 1 aromatic carbocycles. The van der Waals surface area contributed by atoms with Crippen LogP contribution in [0.2, 0.25) is 0 Å². The second-order valence-corrected chi connectivity index (χ2v) is 8.71. The van der Waals surface area contributed by atoms with E-state index in [0.29, 0.717) is 18.3 Å². The first kappa shape index (κ1) is 19.7. The van der Waals surface area contributed by atoms with Gasteiger partial charge in [0.15, 0.2) is 11.0 Å². The summed E-state index contributed by atoms with van der Waals surface area (Å²) in [5, 5.41) is 16.6. The number of amides is 3. The Kier molecular flexibility index (Phi) is 6.26. The van der Waals surface area contributed by atoms with Gasteiger partial charge in [-0.25, -0.2) is 4.79 Å². The monoisotopic (exact) mass is 427 g/mol. The zero-order chi connectivity index (χ0) is 20.1. The van der Waals surface area contributed by atoms with Crippen LogP contribution in [0.5, 0.6) is 0 Å². The Hall–Kier alpha value is -2.65. The van der Waals surface area contributed by atoms with Crippen LogP contribution in [-0.2, 0) is 11.3 Å². The van der Waals surface area contributed by atoms with Crippen LogP contribution in [0, 0.1) is 0 Å².